The van der Waals surface area contributed by atoms with E-state index in [-0.39, 0.29) is 17.1 Å². The van der Waals surface area contributed by atoms with Gasteiger partial charge in [0.05, 0.1) is 10.6 Å². The molecule has 0 bridgehead atoms. The number of nitrogens with two attached hydrogens (primary N) is 1. The van der Waals surface area contributed by atoms with E-state index in [1.54, 1.807) is 13.8 Å². The fourth-order valence-electron chi connectivity index (χ4n) is 1.16. The van der Waals surface area contributed by atoms with Crippen molar-refractivity contribution >= 4 is 23.1 Å². The summed E-state index contributed by atoms with van der Waals surface area (Å²) in [7, 11) is 0. The molecule has 1 aromatic carbocycles. The number of nitrogens with one attached hydrogen (secondary N) is 1. The average Bonchev–Trinajstić information content (AvgIpc) is 2.29. The molecular formula is C12H14F2N2OS. The third-order valence-electron chi connectivity index (χ3n) is 2.53. The largest absolute Gasteiger partial charge is 0.393 e. The van der Waals surface area contributed by atoms with Gasteiger partial charge in [0.2, 0.25) is 0 Å². The van der Waals surface area contributed by atoms with Crippen LogP contribution in [0.5, 0.6) is 0 Å². The Hall–Kier alpha value is -1.56. The van der Waals surface area contributed by atoms with Crippen LogP contribution < -0.4 is 11.1 Å². The Kier molecular flexibility index (Phi) is 4.34. The highest BCUT2D eigenvalue weighted by Crippen LogP contribution is 2.15. The Morgan fingerprint density at radius 2 is 2.06 bits per heavy atom. The molecule has 0 aliphatic heterocycles. The van der Waals surface area contributed by atoms with Crippen LogP contribution in [0.25, 0.3) is 0 Å². The molecule has 3 nitrogen and oxygen atoms in total. The minimum absolute atomic E-state index is 0.150. The molecule has 0 aliphatic carbocycles. The molecule has 98 valence electrons. The molecule has 18 heavy (non-hydrogen) atoms. The SMILES string of the molecule is CC(C)(CNC(=O)c1cc(F)ccc1F)C(N)=S. The van der Waals surface area contributed by atoms with E-state index in [1.165, 1.54) is 0 Å². The zero-order chi connectivity index (χ0) is 13.9. The second-order valence-electron chi connectivity index (χ2n) is 4.55. The van der Waals surface area contributed by atoms with Crippen molar-refractivity contribution in [3.8, 4) is 0 Å². The van der Waals surface area contributed by atoms with Crippen molar-refractivity contribution in [1.29, 1.82) is 0 Å². The average molecular weight is 272 g/mol. The second-order valence-corrected chi connectivity index (χ2v) is 4.99. The van der Waals surface area contributed by atoms with Crippen molar-refractivity contribution in [2.24, 2.45) is 11.1 Å². The molecule has 0 spiro atoms. The van der Waals surface area contributed by atoms with Crippen molar-refractivity contribution in [1.82, 2.24) is 5.32 Å². The van der Waals surface area contributed by atoms with E-state index in [2.05, 4.69) is 5.32 Å². The van der Waals surface area contributed by atoms with Crippen LogP contribution in [0.15, 0.2) is 18.2 Å². The molecule has 0 unspecified atom stereocenters. The van der Waals surface area contributed by atoms with Gasteiger partial charge in [0.1, 0.15) is 11.6 Å². The van der Waals surface area contributed by atoms with Crippen LogP contribution in [0.3, 0.4) is 0 Å². The maximum atomic E-state index is 13.3. The maximum absolute atomic E-state index is 13.3. The molecule has 0 fully saturated rings. The first-order chi connectivity index (χ1) is 8.24. The first-order valence-corrected chi connectivity index (χ1v) is 5.68. The second kappa shape index (κ2) is 5.39. The number of thiocarbonyl (C=S) groups is 1. The van der Waals surface area contributed by atoms with Crippen molar-refractivity contribution in [3.05, 3.63) is 35.4 Å². The lowest BCUT2D eigenvalue weighted by Crippen LogP contribution is -2.41. The van der Waals surface area contributed by atoms with Gasteiger partial charge in [-0.1, -0.05) is 26.1 Å². The zero-order valence-electron chi connectivity index (χ0n) is 10.1. The molecule has 0 atom stereocenters. The summed E-state index contributed by atoms with van der Waals surface area (Å²) >= 11 is 4.84. The normalized spacial score (nSPS) is 11.1. The lowest BCUT2D eigenvalue weighted by atomic mass is 9.93. The number of rotatable bonds is 4. The monoisotopic (exact) mass is 272 g/mol. The first kappa shape index (κ1) is 14.5. The van der Waals surface area contributed by atoms with Crippen LogP contribution in [-0.2, 0) is 0 Å². The standard InChI is InChI=1S/C12H14F2N2OS/c1-12(2,11(15)18)6-16-10(17)8-5-7(13)3-4-9(8)14/h3-5H,6H2,1-2H3,(H2,15,18)(H,16,17). The highest BCUT2D eigenvalue weighted by Gasteiger charge is 2.23. The molecule has 0 heterocycles. The van der Waals surface area contributed by atoms with Gasteiger partial charge in [-0.2, -0.15) is 0 Å². The molecule has 1 amide bonds. The Bertz CT molecular complexity index is 489. The highest BCUT2D eigenvalue weighted by atomic mass is 32.1. The Balaban J connectivity index is 2.78. The van der Waals surface area contributed by atoms with Gasteiger partial charge in [0.15, 0.2) is 0 Å². The lowest BCUT2D eigenvalue weighted by molar-refractivity contribution is 0.0940. The summed E-state index contributed by atoms with van der Waals surface area (Å²) in [6.45, 7) is 3.65. The Morgan fingerprint density at radius 1 is 1.44 bits per heavy atom. The number of hydrogen-bond acceptors (Lipinski definition) is 2. The fourth-order valence-corrected chi connectivity index (χ4v) is 1.23. The number of benzene rings is 1. The smallest absolute Gasteiger partial charge is 0.254 e. The van der Waals surface area contributed by atoms with Gasteiger partial charge < -0.3 is 11.1 Å². The summed E-state index contributed by atoms with van der Waals surface area (Å²) in [6, 6.07) is 2.70. The minimum Gasteiger partial charge on any atom is -0.393 e. The quantitative estimate of drug-likeness (QED) is 0.824. The summed E-state index contributed by atoms with van der Waals surface area (Å²) in [6.07, 6.45) is 0. The minimum atomic E-state index is -0.776. The van der Waals surface area contributed by atoms with Crippen LogP contribution in [-0.4, -0.2) is 17.4 Å². The molecule has 0 saturated carbocycles. The van der Waals surface area contributed by atoms with Crippen LogP contribution in [0.1, 0.15) is 24.2 Å². The molecule has 0 radical (unpaired) electrons. The van der Waals surface area contributed by atoms with Gasteiger partial charge in [-0.25, -0.2) is 8.78 Å². The summed E-state index contributed by atoms with van der Waals surface area (Å²) in [5.74, 6) is -2.14. The number of amides is 1. The topological polar surface area (TPSA) is 55.1 Å². The van der Waals surface area contributed by atoms with Gasteiger partial charge in [0, 0.05) is 12.0 Å². The molecule has 1 rings (SSSR count). The predicted octanol–water partition coefficient (Wildman–Crippen LogP) is 2.01. The van der Waals surface area contributed by atoms with Gasteiger partial charge in [0.25, 0.3) is 5.91 Å². The molecule has 1 aromatic rings. The van der Waals surface area contributed by atoms with E-state index < -0.39 is 23.0 Å². The number of halogens is 2. The van der Waals surface area contributed by atoms with E-state index in [9.17, 15) is 13.6 Å². The number of carbonyl (C=O) groups excluding carboxylic acids is 1. The zero-order valence-corrected chi connectivity index (χ0v) is 10.9. The highest BCUT2D eigenvalue weighted by molar-refractivity contribution is 7.80. The maximum Gasteiger partial charge on any atom is 0.254 e. The first-order valence-electron chi connectivity index (χ1n) is 5.27. The Labute approximate surface area is 109 Å². The third kappa shape index (κ3) is 3.46. The van der Waals surface area contributed by atoms with E-state index >= 15 is 0 Å². The third-order valence-corrected chi connectivity index (χ3v) is 3.08. The summed E-state index contributed by atoms with van der Waals surface area (Å²) in [4.78, 5) is 11.9. The van der Waals surface area contributed by atoms with Gasteiger partial charge >= 0.3 is 0 Å². The van der Waals surface area contributed by atoms with Crippen molar-refractivity contribution in [2.45, 2.75) is 13.8 Å². The lowest BCUT2D eigenvalue weighted by Gasteiger charge is -2.23. The fraction of sp³-hybridized carbons (Fsp3) is 0.333. The summed E-state index contributed by atoms with van der Waals surface area (Å²) < 4.78 is 26.2. The number of carbonyl (C=O) groups is 1. The molecular weight excluding hydrogens is 258 g/mol. The van der Waals surface area contributed by atoms with Crippen LogP contribution in [0.2, 0.25) is 0 Å². The molecule has 0 aliphatic rings. The van der Waals surface area contributed by atoms with Crippen molar-refractivity contribution < 1.29 is 13.6 Å². The van der Waals surface area contributed by atoms with Crippen LogP contribution >= 0.6 is 12.2 Å². The van der Waals surface area contributed by atoms with Gasteiger partial charge in [-0.3, -0.25) is 4.79 Å². The van der Waals surface area contributed by atoms with Gasteiger partial charge in [-0.05, 0) is 18.2 Å². The van der Waals surface area contributed by atoms with Gasteiger partial charge in [-0.15, -0.1) is 0 Å². The predicted molar refractivity (Wildman–Crippen MR) is 69.3 cm³/mol. The van der Waals surface area contributed by atoms with Crippen LogP contribution in [0, 0.1) is 17.0 Å². The molecule has 0 aromatic heterocycles. The van der Waals surface area contributed by atoms with E-state index in [1.807, 2.05) is 0 Å². The van der Waals surface area contributed by atoms with E-state index in [0.29, 0.717) is 0 Å². The molecule has 6 heteroatoms. The summed E-state index contributed by atoms with van der Waals surface area (Å²) in [5.41, 5.74) is 4.57. The summed E-state index contributed by atoms with van der Waals surface area (Å²) in [5, 5.41) is 2.48. The van der Waals surface area contributed by atoms with Crippen LogP contribution in [0.4, 0.5) is 8.78 Å². The van der Waals surface area contributed by atoms with Crippen molar-refractivity contribution in [2.75, 3.05) is 6.54 Å². The van der Waals surface area contributed by atoms with E-state index in [0.717, 1.165) is 18.2 Å². The molecule has 0 saturated heterocycles. The van der Waals surface area contributed by atoms with Crippen molar-refractivity contribution in [3.63, 3.8) is 0 Å². The molecule has 3 N–H and O–H groups in total. The Morgan fingerprint density at radius 3 is 2.61 bits per heavy atom. The number of hydrogen-bond donors (Lipinski definition) is 2. The van der Waals surface area contributed by atoms with E-state index in [4.69, 9.17) is 18.0 Å².